The highest BCUT2D eigenvalue weighted by Gasteiger charge is 2.30. The maximum atomic E-state index is 12.6. The summed E-state index contributed by atoms with van der Waals surface area (Å²) < 4.78 is 26.8. The van der Waals surface area contributed by atoms with Crippen LogP contribution in [0.15, 0.2) is 23.1 Å². The summed E-state index contributed by atoms with van der Waals surface area (Å²) in [6.07, 6.45) is 1.74. The maximum Gasteiger partial charge on any atom is 0.244 e. The molecule has 0 saturated carbocycles. The topological polar surface area (TPSA) is 49.4 Å². The van der Waals surface area contributed by atoms with Crippen LogP contribution in [0.25, 0.3) is 0 Å². The van der Waals surface area contributed by atoms with Crippen LogP contribution in [-0.4, -0.2) is 38.9 Å². The van der Waals surface area contributed by atoms with Crippen molar-refractivity contribution in [3.63, 3.8) is 0 Å². The summed E-state index contributed by atoms with van der Waals surface area (Å²) in [6, 6.07) is 4.50. The number of halogens is 3. The number of hydrogen-bond acceptors (Lipinski definition) is 3. The number of nitrogens with one attached hydrogen (secondary N) is 1. The Kier molecular flexibility index (Phi) is 7.92. The molecule has 1 fully saturated rings. The molecule has 0 atom stereocenters. The predicted octanol–water partition coefficient (Wildman–Crippen LogP) is 3.43. The minimum Gasteiger partial charge on any atom is -0.317 e. The average Bonchev–Trinajstić information content (AvgIpc) is 2.45. The second kappa shape index (κ2) is 8.71. The molecular weight excluding hydrogens is 367 g/mol. The molecule has 8 heteroatoms. The second-order valence-corrected chi connectivity index (χ2v) is 7.98. The van der Waals surface area contributed by atoms with Gasteiger partial charge in [-0.1, -0.05) is 30.1 Å². The first-order chi connectivity index (χ1) is 9.95. The van der Waals surface area contributed by atoms with Gasteiger partial charge in [0.15, 0.2) is 0 Å². The van der Waals surface area contributed by atoms with Crippen molar-refractivity contribution in [2.45, 2.75) is 24.7 Å². The van der Waals surface area contributed by atoms with Gasteiger partial charge in [0.1, 0.15) is 4.90 Å². The second-order valence-electron chi connectivity index (χ2n) is 5.23. The van der Waals surface area contributed by atoms with Crippen molar-refractivity contribution in [1.82, 2.24) is 9.62 Å². The highest BCUT2D eigenvalue weighted by Crippen LogP contribution is 2.29. The van der Waals surface area contributed by atoms with E-state index in [1.54, 1.807) is 6.07 Å². The molecule has 1 aliphatic rings. The van der Waals surface area contributed by atoms with Gasteiger partial charge in [-0.15, -0.1) is 12.4 Å². The molecular formula is C14H21Cl3N2O2S. The molecule has 0 bridgehead atoms. The Morgan fingerprint density at radius 3 is 2.45 bits per heavy atom. The SMILES string of the molecule is CCNCC1CCN(S(=O)(=O)c2ccc(Cl)cc2Cl)CC1.Cl. The van der Waals surface area contributed by atoms with Gasteiger partial charge in [-0.2, -0.15) is 4.31 Å². The van der Waals surface area contributed by atoms with E-state index in [-0.39, 0.29) is 22.3 Å². The molecule has 1 saturated heterocycles. The number of nitrogens with zero attached hydrogens (tertiary/aromatic N) is 1. The molecule has 2 rings (SSSR count). The van der Waals surface area contributed by atoms with Gasteiger partial charge in [0.05, 0.1) is 5.02 Å². The number of sulfonamides is 1. The Hall–Kier alpha value is -0.0400. The van der Waals surface area contributed by atoms with Crippen molar-refractivity contribution in [3.8, 4) is 0 Å². The summed E-state index contributed by atoms with van der Waals surface area (Å²) in [7, 11) is -3.53. The van der Waals surface area contributed by atoms with Gasteiger partial charge >= 0.3 is 0 Å². The standard InChI is InChI=1S/C14H20Cl2N2O2S.ClH/c1-2-17-10-11-5-7-18(8-6-11)21(19,20)14-4-3-12(15)9-13(14)16;/h3-4,9,11,17H,2,5-8,10H2,1H3;1H. The van der Waals surface area contributed by atoms with Crippen molar-refractivity contribution in [2.24, 2.45) is 5.92 Å². The van der Waals surface area contributed by atoms with E-state index in [2.05, 4.69) is 12.2 Å². The lowest BCUT2D eigenvalue weighted by Crippen LogP contribution is -2.40. The van der Waals surface area contributed by atoms with E-state index < -0.39 is 10.0 Å². The molecule has 0 radical (unpaired) electrons. The lowest BCUT2D eigenvalue weighted by atomic mass is 9.98. The van der Waals surface area contributed by atoms with Crippen LogP contribution in [0.1, 0.15) is 19.8 Å². The van der Waals surface area contributed by atoms with E-state index >= 15 is 0 Å². The maximum absolute atomic E-state index is 12.6. The molecule has 0 aromatic heterocycles. The molecule has 4 nitrogen and oxygen atoms in total. The smallest absolute Gasteiger partial charge is 0.244 e. The summed E-state index contributed by atoms with van der Waals surface area (Å²) in [4.78, 5) is 0.138. The van der Waals surface area contributed by atoms with Gasteiger partial charge < -0.3 is 5.32 Å². The van der Waals surface area contributed by atoms with Crippen molar-refractivity contribution in [3.05, 3.63) is 28.2 Å². The van der Waals surface area contributed by atoms with Crippen molar-refractivity contribution in [2.75, 3.05) is 26.2 Å². The Morgan fingerprint density at radius 2 is 1.91 bits per heavy atom. The third-order valence-electron chi connectivity index (χ3n) is 3.77. The monoisotopic (exact) mass is 386 g/mol. The summed E-state index contributed by atoms with van der Waals surface area (Å²) in [5.74, 6) is 0.539. The third-order valence-corrected chi connectivity index (χ3v) is 6.38. The van der Waals surface area contributed by atoms with E-state index in [9.17, 15) is 8.42 Å². The highest BCUT2D eigenvalue weighted by atomic mass is 35.5. The molecule has 0 aliphatic carbocycles. The van der Waals surface area contributed by atoms with E-state index in [0.29, 0.717) is 24.0 Å². The minimum absolute atomic E-state index is 0. The molecule has 126 valence electrons. The highest BCUT2D eigenvalue weighted by molar-refractivity contribution is 7.89. The summed E-state index contributed by atoms with van der Waals surface area (Å²) in [5, 5.41) is 3.93. The van der Waals surface area contributed by atoms with Gasteiger partial charge in [-0.05, 0) is 50.0 Å². The zero-order valence-corrected chi connectivity index (χ0v) is 15.5. The van der Waals surface area contributed by atoms with Crippen molar-refractivity contribution in [1.29, 1.82) is 0 Å². The van der Waals surface area contributed by atoms with Crippen LogP contribution in [0.4, 0.5) is 0 Å². The Labute approximate surface area is 148 Å². The van der Waals surface area contributed by atoms with Gasteiger partial charge in [-0.3, -0.25) is 0 Å². The number of rotatable bonds is 5. The Bertz CT molecular complexity index is 588. The van der Waals surface area contributed by atoms with Crippen molar-refractivity contribution < 1.29 is 8.42 Å². The third kappa shape index (κ3) is 4.73. The minimum atomic E-state index is -3.53. The lowest BCUT2D eigenvalue weighted by Gasteiger charge is -2.31. The van der Waals surface area contributed by atoms with Gasteiger partial charge in [0, 0.05) is 18.1 Å². The molecule has 1 N–H and O–H groups in total. The van der Waals surface area contributed by atoms with E-state index in [0.717, 1.165) is 25.9 Å². The average molecular weight is 388 g/mol. The predicted molar refractivity (Wildman–Crippen MR) is 93.7 cm³/mol. The van der Waals surface area contributed by atoms with E-state index in [1.807, 2.05) is 0 Å². The zero-order valence-electron chi connectivity index (χ0n) is 12.4. The van der Waals surface area contributed by atoms with Crippen LogP contribution in [-0.2, 0) is 10.0 Å². The van der Waals surface area contributed by atoms with Crippen LogP contribution in [0, 0.1) is 5.92 Å². The largest absolute Gasteiger partial charge is 0.317 e. The quantitative estimate of drug-likeness (QED) is 0.842. The van der Waals surface area contributed by atoms with E-state index in [4.69, 9.17) is 23.2 Å². The van der Waals surface area contributed by atoms with Gasteiger partial charge in [0.25, 0.3) is 0 Å². The van der Waals surface area contributed by atoms with Crippen LogP contribution in [0.3, 0.4) is 0 Å². The van der Waals surface area contributed by atoms with Crippen LogP contribution < -0.4 is 5.32 Å². The molecule has 22 heavy (non-hydrogen) atoms. The van der Waals surface area contributed by atoms with E-state index in [1.165, 1.54) is 16.4 Å². The fourth-order valence-electron chi connectivity index (χ4n) is 2.53. The van der Waals surface area contributed by atoms with Crippen molar-refractivity contribution >= 4 is 45.6 Å². The molecule has 1 aromatic rings. The van der Waals surface area contributed by atoms with Crippen LogP contribution in [0.2, 0.25) is 10.0 Å². The number of piperidine rings is 1. The molecule has 0 spiro atoms. The lowest BCUT2D eigenvalue weighted by molar-refractivity contribution is 0.268. The molecule has 0 amide bonds. The molecule has 1 aliphatic heterocycles. The zero-order chi connectivity index (χ0) is 15.5. The van der Waals surface area contributed by atoms with Crippen LogP contribution in [0.5, 0.6) is 0 Å². The van der Waals surface area contributed by atoms with Gasteiger partial charge in [-0.25, -0.2) is 8.42 Å². The first-order valence-electron chi connectivity index (χ1n) is 7.11. The molecule has 1 heterocycles. The molecule has 1 aromatic carbocycles. The first-order valence-corrected chi connectivity index (χ1v) is 9.30. The summed E-state index contributed by atoms with van der Waals surface area (Å²) >= 11 is 11.9. The van der Waals surface area contributed by atoms with Crippen LogP contribution >= 0.6 is 35.6 Å². The summed E-state index contributed by atoms with van der Waals surface area (Å²) in [5.41, 5.74) is 0. The Morgan fingerprint density at radius 1 is 1.27 bits per heavy atom. The normalized spacial score (nSPS) is 17.2. The number of hydrogen-bond donors (Lipinski definition) is 1. The van der Waals surface area contributed by atoms with Gasteiger partial charge in [0.2, 0.25) is 10.0 Å². The summed E-state index contributed by atoms with van der Waals surface area (Å²) in [6.45, 7) is 5.04. The first kappa shape index (κ1) is 20.0. The fraction of sp³-hybridized carbons (Fsp3) is 0.571. The Balaban J connectivity index is 0.00000242. The number of benzene rings is 1. The fourth-order valence-corrected chi connectivity index (χ4v) is 4.74. The molecule has 0 unspecified atom stereocenters.